The Kier molecular flexibility index (Phi) is 108. The molecule has 2 radical (unpaired) electrons. The van der Waals surface area contributed by atoms with E-state index >= 15 is 0 Å². The summed E-state index contributed by atoms with van der Waals surface area (Å²) >= 11 is 0. The van der Waals surface area contributed by atoms with E-state index in [4.69, 9.17) is 0 Å². The summed E-state index contributed by atoms with van der Waals surface area (Å²) in [6.07, 6.45) is 105. The second kappa shape index (κ2) is 97.2. The number of hydrogen-bond acceptors (Lipinski definition) is 12. The predicted molar refractivity (Wildman–Crippen MR) is 418 cm³/mol. The Morgan fingerprint density at radius 1 is 0.149 bits per heavy atom. The van der Waals surface area contributed by atoms with E-state index in [1.807, 2.05) is 0 Å². The standard InChI is InChI=1S/3C28H59O4P.2Nd/c3*1-2-3-4-5-6-7-8-9-10-11-12-13-14-15-16-17-18-19-20-21-22-23-24-25-26-27-28-32-33(29,30)31;;/h3*2-28H2,1H3,(H2,29,30,31);;/q;;;2*+3/p-6. The summed E-state index contributed by atoms with van der Waals surface area (Å²) in [7, 11) is -14.3. The van der Waals surface area contributed by atoms with Gasteiger partial charge in [-0.2, -0.15) is 0 Å². The fraction of sp³-hybridized carbons (Fsp3) is 1.00. The van der Waals surface area contributed by atoms with Gasteiger partial charge in [-0.1, -0.05) is 502 Å². The number of unbranched alkanes of at least 4 members (excludes halogenated alkanes) is 75. The molecule has 0 aromatic rings. The van der Waals surface area contributed by atoms with E-state index in [0.29, 0.717) is 19.3 Å². The molecule has 0 aliphatic heterocycles. The summed E-state index contributed by atoms with van der Waals surface area (Å²) in [4.78, 5) is 61.9. The largest absolute Gasteiger partial charge is 3.00 e. The normalized spacial score (nSPS) is 11.7. The Labute approximate surface area is 696 Å². The molecule has 0 rings (SSSR count). The zero-order chi connectivity index (χ0) is 72.9. The second-order valence-electron chi connectivity index (χ2n) is 30.4. The van der Waals surface area contributed by atoms with Gasteiger partial charge in [-0.15, -0.1) is 0 Å². The van der Waals surface area contributed by atoms with Crippen molar-refractivity contribution >= 4 is 23.5 Å². The molecule has 0 aromatic heterocycles. The molecule has 0 saturated heterocycles. The van der Waals surface area contributed by atoms with E-state index in [0.717, 1.165) is 38.5 Å². The van der Waals surface area contributed by atoms with Crippen molar-refractivity contribution in [2.24, 2.45) is 0 Å². The van der Waals surface area contributed by atoms with Crippen LogP contribution in [0.2, 0.25) is 0 Å². The van der Waals surface area contributed by atoms with Gasteiger partial charge in [0.15, 0.2) is 0 Å². The molecular formula is C84H171Nd2O12P3. The first-order chi connectivity index (χ1) is 48.2. The molecule has 0 unspecified atom stereocenters. The van der Waals surface area contributed by atoms with Crippen molar-refractivity contribution in [1.82, 2.24) is 0 Å². The smallest absolute Gasteiger partial charge is 0.790 e. The van der Waals surface area contributed by atoms with Crippen molar-refractivity contribution in [3.63, 3.8) is 0 Å². The first kappa shape index (κ1) is 113. The van der Waals surface area contributed by atoms with Gasteiger partial charge >= 0.3 is 81.7 Å². The fourth-order valence-corrected chi connectivity index (χ4v) is 14.8. The van der Waals surface area contributed by atoms with Crippen LogP contribution in [0.1, 0.15) is 522 Å². The molecular weight excluding hydrogens is 1580 g/mol. The first-order valence-corrected chi connectivity index (χ1v) is 48.6. The maximum atomic E-state index is 10.3. The Bertz CT molecular complexity index is 1430. The van der Waals surface area contributed by atoms with Gasteiger partial charge in [0.2, 0.25) is 0 Å². The van der Waals surface area contributed by atoms with Crippen molar-refractivity contribution in [3.8, 4) is 0 Å². The van der Waals surface area contributed by atoms with Crippen LogP contribution in [-0.2, 0) is 27.3 Å². The molecule has 602 valence electrons. The zero-order valence-corrected chi connectivity index (χ0v) is 76.6. The molecule has 0 aromatic carbocycles. The molecule has 17 heteroatoms. The molecule has 0 heterocycles. The molecule has 12 nitrogen and oxygen atoms in total. The summed E-state index contributed by atoms with van der Waals surface area (Å²) in [5.74, 6) is 0. The number of rotatable bonds is 84. The quantitative estimate of drug-likeness (QED) is 0.0410. The molecule has 0 atom stereocenters. The molecule has 0 saturated carbocycles. The van der Waals surface area contributed by atoms with Gasteiger partial charge in [0, 0.05) is 0 Å². The third-order valence-electron chi connectivity index (χ3n) is 20.2. The summed E-state index contributed by atoms with van der Waals surface area (Å²) in [6.45, 7) is 7.00. The van der Waals surface area contributed by atoms with Crippen LogP contribution in [-0.4, -0.2) is 19.8 Å². The molecule has 0 amide bonds. The number of phosphoric ester groups is 3. The van der Waals surface area contributed by atoms with Gasteiger partial charge in [-0.25, -0.2) is 0 Å². The summed E-state index contributed by atoms with van der Waals surface area (Å²) < 4.78 is 43.7. The monoisotopic (exact) mass is 1750 g/mol. The second-order valence-corrected chi connectivity index (χ2v) is 33.8. The molecule has 0 aliphatic rings. The SMILES string of the molecule is CCCCCCCCCCCCCCCCCCCCCCCCCCCCOP(=O)([O-])[O-].CCCCCCCCCCCCCCCCCCCCCCCCCCCCOP(=O)([O-])[O-].CCCCCCCCCCCCCCCCCCCCCCCCCCCCOP(=O)([O-])[O-].[Nd+3].[Nd+3]. The van der Waals surface area contributed by atoms with E-state index < -0.39 is 23.5 Å². The van der Waals surface area contributed by atoms with E-state index in [1.54, 1.807) is 0 Å². The van der Waals surface area contributed by atoms with Crippen molar-refractivity contribution in [3.05, 3.63) is 0 Å². The van der Waals surface area contributed by atoms with Gasteiger partial charge < -0.3 is 56.6 Å². The van der Waals surface area contributed by atoms with Crippen LogP contribution in [0.15, 0.2) is 0 Å². The molecule has 0 N–H and O–H groups in total. The molecule has 0 spiro atoms. The average Bonchev–Trinajstić information content (AvgIpc) is 3.36. The Hall–Kier alpha value is 3.03. The third kappa shape index (κ3) is 122. The van der Waals surface area contributed by atoms with Crippen LogP contribution in [0.25, 0.3) is 0 Å². The number of hydrogen-bond donors (Lipinski definition) is 0. The Morgan fingerprint density at radius 3 is 0.287 bits per heavy atom. The average molecular weight is 1750 g/mol. The summed E-state index contributed by atoms with van der Waals surface area (Å²) in [5.41, 5.74) is 0. The van der Waals surface area contributed by atoms with Crippen LogP contribution < -0.4 is 29.4 Å². The van der Waals surface area contributed by atoms with Gasteiger partial charge in [0.25, 0.3) is 0 Å². The minimum absolute atomic E-state index is 0. The van der Waals surface area contributed by atoms with Gasteiger partial charge in [0.1, 0.15) is 0 Å². The summed E-state index contributed by atoms with van der Waals surface area (Å²) in [5, 5.41) is 0. The van der Waals surface area contributed by atoms with Gasteiger partial charge in [0.05, 0.1) is 43.3 Å². The maximum Gasteiger partial charge on any atom is 3.00 e. The van der Waals surface area contributed by atoms with Crippen molar-refractivity contribution in [2.45, 2.75) is 522 Å². The minimum Gasteiger partial charge on any atom is -0.790 e. The van der Waals surface area contributed by atoms with Crippen LogP contribution in [0, 0.1) is 81.7 Å². The fourth-order valence-electron chi connectivity index (χ4n) is 13.8. The Balaban J connectivity index is -0.000000452. The zero-order valence-electron chi connectivity index (χ0n) is 67.5. The van der Waals surface area contributed by atoms with Crippen molar-refractivity contribution < 1.29 is 138 Å². The van der Waals surface area contributed by atoms with Gasteiger partial charge in [-0.3, -0.25) is 0 Å². The van der Waals surface area contributed by atoms with E-state index in [1.165, 1.54) is 443 Å². The topological polar surface area (TPSA) is 217 Å². The van der Waals surface area contributed by atoms with E-state index in [-0.39, 0.29) is 101 Å². The Morgan fingerprint density at radius 2 is 0.218 bits per heavy atom. The molecule has 0 fully saturated rings. The first-order valence-electron chi connectivity index (χ1n) is 44.2. The maximum absolute atomic E-state index is 10.3. The molecule has 0 bridgehead atoms. The van der Waals surface area contributed by atoms with E-state index in [2.05, 4.69) is 34.3 Å². The third-order valence-corrected chi connectivity index (χ3v) is 21.7. The van der Waals surface area contributed by atoms with Crippen molar-refractivity contribution in [1.29, 1.82) is 0 Å². The van der Waals surface area contributed by atoms with Crippen LogP contribution in [0.4, 0.5) is 0 Å². The number of phosphoric acid groups is 3. The van der Waals surface area contributed by atoms with Crippen LogP contribution >= 0.6 is 23.5 Å². The molecule has 0 aliphatic carbocycles. The van der Waals surface area contributed by atoms with Gasteiger partial charge in [-0.05, 0) is 19.3 Å². The minimum atomic E-state index is -4.77. The predicted octanol–water partition coefficient (Wildman–Crippen LogP) is 27.0. The van der Waals surface area contributed by atoms with E-state index in [9.17, 15) is 43.1 Å². The molecule has 101 heavy (non-hydrogen) atoms. The van der Waals surface area contributed by atoms with Crippen LogP contribution in [0.3, 0.4) is 0 Å². The van der Waals surface area contributed by atoms with Crippen molar-refractivity contribution in [2.75, 3.05) is 19.8 Å². The van der Waals surface area contributed by atoms with Crippen LogP contribution in [0.5, 0.6) is 0 Å². The summed E-state index contributed by atoms with van der Waals surface area (Å²) in [6, 6.07) is 0.